The van der Waals surface area contributed by atoms with Crippen molar-refractivity contribution >= 4 is 38.1 Å². The fourth-order valence-corrected chi connectivity index (χ4v) is 6.82. The maximum Gasteiger partial charge on any atom is 0.231 e. The molecule has 2 fully saturated rings. The lowest BCUT2D eigenvalue weighted by molar-refractivity contribution is -0.163. The van der Waals surface area contributed by atoms with Crippen molar-refractivity contribution in [2.45, 2.75) is 85.0 Å². The van der Waals surface area contributed by atoms with Gasteiger partial charge in [0.05, 0.1) is 5.41 Å². The van der Waals surface area contributed by atoms with Gasteiger partial charge in [-0.15, -0.1) is 0 Å². The van der Waals surface area contributed by atoms with Gasteiger partial charge in [-0.1, -0.05) is 57.0 Å². The zero-order valence-corrected chi connectivity index (χ0v) is 21.8. The van der Waals surface area contributed by atoms with Crippen molar-refractivity contribution in [2.24, 2.45) is 16.7 Å². The zero-order chi connectivity index (χ0) is 22.3. The van der Waals surface area contributed by atoms with E-state index in [0.717, 1.165) is 44.2 Å². The van der Waals surface area contributed by atoms with E-state index in [1.165, 1.54) is 0 Å². The van der Waals surface area contributed by atoms with Crippen LogP contribution in [-0.2, 0) is 15.6 Å². The summed E-state index contributed by atoms with van der Waals surface area (Å²) < 4.78 is 6.64. The van der Waals surface area contributed by atoms with Gasteiger partial charge in [-0.05, 0) is 80.6 Å². The molecule has 1 saturated heterocycles. The van der Waals surface area contributed by atoms with Crippen molar-refractivity contribution < 1.29 is 9.22 Å². The third-order valence-corrected chi connectivity index (χ3v) is 8.50. The van der Waals surface area contributed by atoms with Crippen LogP contribution < -0.4 is 0 Å². The second kappa shape index (κ2) is 8.76. The summed E-state index contributed by atoms with van der Waals surface area (Å²) >= 11 is 12.5. The summed E-state index contributed by atoms with van der Waals surface area (Å²) in [7, 11) is -0.939. The average Bonchev–Trinajstić information content (AvgIpc) is 2.92. The molecule has 1 saturated carbocycles. The number of nitrogens with zero attached hydrogens (tertiary/aromatic N) is 1. The molecule has 1 amide bonds. The van der Waals surface area contributed by atoms with Crippen molar-refractivity contribution in [3.8, 4) is 0 Å². The highest BCUT2D eigenvalue weighted by molar-refractivity contribution is 6.48. The average molecular weight is 470 g/mol. The van der Waals surface area contributed by atoms with Gasteiger partial charge in [-0.2, -0.15) is 0 Å². The van der Waals surface area contributed by atoms with E-state index in [-0.39, 0.29) is 5.91 Å². The third kappa shape index (κ3) is 4.92. The molecule has 1 unspecified atom stereocenters. The smallest absolute Gasteiger partial charge is 0.231 e. The predicted octanol–water partition coefficient (Wildman–Crippen LogP) is 6.97. The van der Waals surface area contributed by atoms with E-state index >= 15 is 0 Å². The SMILES string of the molecule is C[Si](C)OC1(N2CCC(C)(Cc3ccc(Cl)cc3Cl)C2=O)CCC(C(C)(C)C)CC1. The molecular weight excluding hydrogens is 433 g/mol. The van der Waals surface area contributed by atoms with Gasteiger partial charge in [0.1, 0.15) is 5.72 Å². The van der Waals surface area contributed by atoms with Gasteiger partial charge in [-0.25, -0.2) is 0 Å². The molecule has 1 radical (unpaired) electrons. The number of hydrogen-bond acceptors (Lipinski definition) is 2. The van der Waals surface area contributed by atoms with E-state index in [1.807, 2.05) is 12.1 Å². The molecule has 1 atom stereocenters. The molecule has 30 heavy (non-hydrogen) atoms. The van der Waals surface area contributed by atoms with Crippen LogP contribution >= 0.6 is 23.2 Å². The quantitative estimate of drug-likeness (QED) is 0.436. The van der Waals surface area contributed by atoms with Gasteiger partial charge in [0.25, 0.3) is 0 Å². The summed E-state index contributed by atoms with van der Waals surface area (Å²) in [4.78, 5) is 15.9. The largest absolute Gasteiger partial charge is 0.395 e. The lowest BCUT2D eigenvalue weighted by Gasteiger charge is -2.49. The molecule has 6 heteroatoms. The van der Waals surface area contributed by atoms with Gasteiger partial charge in [0.15, 0.2) is 0 Å². The first-order chi connectivity index (χ1) is 13.9. The molecule has 167 valence electrons. The van der Waals surface area contributed by atoms with Crippen LogP contribution in [-0.4, -0.2) is 32.1 Å². The number of carbonyl (C=O) groups is 1. The molecule has 2 aliphatic rings. The molecule has 1 aromatic carbocycles. The molecule has 0 spiro atoms. The number of carbonyl (C=O) groups excluding carboxylic acids is 1. The summed E-state index contributed by atoms with van der Waals surface area (Å²) in [5, 5.41) is 1.26. The Kier molecular flexibility index (Phi) is 7.04. The molecule has 1 heterocycles. The van der Waals surface area contributed by atoms with Crippen LogP contribution in [0.1, 0.15) is 65.4 Å². The van der Waals surface area contributed by atoms with Gasteiger partial charge >= 0.3 is 0 Å². The molecule has 0 aromatic heterocycles. The van der Waals surface area contributed by atoms with Gasteiger partial charge in [0, 0.05) is 16.6 Å². The fourth-order valence-electron chi connectivity index (χ4n) is 5.27. The Morgan fingerprint density at radius 3 is 2.33 bits per heavy atom. The van der Waals surface area contributed by atoms with Crippen molar-refractivity contribution in [3.63, 3.8) is 0 Å². The van der Waals surface area contributed by atoms with Gasteiger partial charge in [0.2, 0.25) is 14.9 Å². The first-order valence-corrected chi connectivity index (χ1v) is 14.3. The van der Waals surface area contributed by atoms with Crippen molar-refractivity contribution in [1.82, 2.24) is 4.90 Å². The van der Waals surface area contributed by atoms with Crippen LogP contribution in [0.4, 0.5) is 0 Å². The minimum absolute atomic E-state index is 0.214. The van der Waals surface area contributed by atoms with Crippen LogP contribution in [0.25, 0.3) is 0 Å². The number of likely N-dealkylation sites (tertiary alicyclic amines) is 1. The van der Waals surface area contributed by atoms with Crippen LogP contribution in [0.5, 0.6) is 0 Å². The van der Waals surface area contributed by atoms with Crippen LogP contribution in [0.3, 0.4) is 0 Å². The summed E-state index contributed by atoms with van der Waals surface area (Å²) in [6, 6.07) is 5.57. The van der Waals surface area contributed by atoms with E-state index < -0.39 is 20.2 Å². The normalized spacial score (nSPS) is 30.4. The first-order valence-electron chi connectivity index (χ1n) is 11.1. The Labute approximate surface area is 194 Å². The Morgan fingerprint density at radius 1 is 1.17 bits per heavy atom. The summed E-state index contributed by atoms with van der Waals surface area (Å²) in [6.45, 7) is 14.2. The number of benzene rings is 1. The van der Waals surface area contributed by atoms with Crippen molar-refractivity contribution in [1.29, 1.82) is 0 Å². The standard InChI is InChI=1S/C24H36Cl2NO2Si/c1-22(2,3)18-9-11-24(12-10-18,29-30(5)6)27-14-13-23(4,21(27)28)16-17-7-8-19(25)15-20(17)26/h7-8,15,18H,9-14,16H2,1-6H3. The van der Waals surface area contributed by atoms with Crippen LogP contribution in [0, 0.1) is 16.7 Å². The Morgan fingerprint density at radius 2 is 1.80 bits per heavy atom. The fraction of sp³-hybridized carbons (Fsp3) is 0.708. The highest BCUT2D eigenvalue weighted by Gasteiger charge is 2.53. The maximum atomic E-state index is 13.8. The van der Waals surface area contributed by atoms with Crippen molar-refractivity contribution in [3.05, 3.63) is 33.8 Å². The lowest BCUT2D eigenvalue weighted by atomic mass is 9.70. The Bertz CT molecular complexity index is 784. The molecule has 1 aromatic rings. The van der Waals surface area contributed by atoms with E-state index in [0.29, 0.717) is 27.8 Å². The molecule has 3 nitrogen and oxygen atoms in total. The number of halogens is 2. The second-order valence-corrected chi connectivity index (χ2v) is 13.6. The first kappa shape index (κ1) is 24.1. The van der Waals surface area contributed by atoms with E-state index in [1.54, 1.807) is 6.07 Å². The van der Waals surface area contributed by atoms with Crippen molar-refractivity contribution in [2.75, 3.05) is 6.54 Å². The maximum absolute atomic E-state index is 13.8. The van der Waals surface area contributed by atoms with E-state index in [9.17, 15) is 4.79 Å². The second-order valence-electron chi connectivity index (χ2n) is 10.8. The molecule has 3 rings (SSSR count). The lowest BCUT2D eigenvalue weighted by Crippen LogP contribution is -2.57. The minimum atomic E-state index is -0.939. The Hall–Kier alpha value is -0.553. The summed E-state index contributed by atoms with van der Waals surface area (Å²) in [5.74, 6) is 0.890. The summed E-state index contributed by atoms with van der Waals surface area (Å²) in [6.07, 6.45) is 5.57. The molecule has 1 aliphatic carbocycles. The third-order valence-electron chi connectivity index (χ3n) is 7.12. The highest BCUT2D eigenvalue weighted by Crippen LogP contribution is 2.48. The molecule has 0 bridgehead atoms. The molecular formula is C24H36Cl2NO2Si. The topological polar surface area (TPSA) is 29.5 Å². The summed E-state index contributed by atoms with van der Waals surface area (Å²) in [5.41, 5.74) is 0.398. The predicted molar refractivity (Wildman–Crippen MR) is 127 cm³/mol. The Balaban J connectivity index is 1.82. The highest BCUT2D eigenvalue weighted by atomic mass is 35.5. The molecule has 0 N–H and O–H groups in total. The van der Waals surface area contributed by atoms with Gasteiger partial charge in [-0.3, -0.25) is 4.79 Å². The monoisotopic (exact) mass is 468 g/mol. The van der Waals surface area contributed by atoms with E-state index in [2.05, 4.69) is 45.7 Å². The number of hydrogen-bond donors (Lipinski definition) is 0. The zero-order valence-electron chi connectivity index (χ0n) is 19.3. The van der Waals surface area contributed by atoms with Crippen LogP contribution in [0.2, 0.25) is 23.1 Å². The minimum Gasteiger partial charge on any atom is -0.395 e. The number of amides is 1. The molecule has 1 aliphatic heterocycles. The van der Waals surface area contributed by atoms with Gasteiger partial charge < -0.3 is 9.33 Å². The number of rotatable bonds is 5. The van der Waals surface area contributed by atoms with Crippen LogP contribution in [0.15, 0.2) is 18.2 Å². The van der Waals surface area contributed by atoms with E-state index in [4.69, 9.17) is 27.6 Å².